The number of ether oxygens (including phenoxy) is 3. The molecule has 0 unspecified atom stereocenters. The number of carbonyl (C=O) groups is 2. The smallest absolute Gasteiger partial charge is 0.326 e. The minimum absolute atomic E-state index is 0.0967. The molecule has 1 saturated heterocycles. The fraction of sp³-hybridized carbons (Fsp3) is 0.500. The van der Waals surface area contributed by atoms with Crippen molar-refractivity contribution >= 4 is 48.3 Å². The summed E-state index contributed by atoms with van der Waals surface area (Å²) >= 11 is 6.59. The molecule has 0 saturated carbocycles. The Morgan fingerprint density at radius 3 is 2.52 bits per heavy atom. The number of rotatable bonds is 9. The summed E-state index contributed by atoms with van der Waals surface area (Å²) in [6, 6.07) is 9.18. The number of hydrogen-bond donors (Lipinski definition) is 0. The normalized spacial score (nSPS) is 18.9. The molecular weight excluding hydrogens is 450 g/mol. The third-order valence-electron chi connectivity index (χ3n) is 5.57. The topological polar surface area (TPSA) is 65.1 Å². The number of thioether (sulfide) groups is 1. The lowest BCUT2D eigenvalue weighted by molar-refractivity contribution is -0.169. The molecule has 170 valence electrons. The average molecular weight is 482 g/mol. The van der Waals surface area contributed by atoms with Crippen molar-refractivity contribution in [1.82, 2.24) is 4.90 Å². The van der Waals surface area contributed by atoms with Crippen LogP contribution in [-0.4, -0.2) is 60.1 Å². The lowest BCUT2D eigenvalue weighted by atomic mass is 10.1. The first kappa shape index (κ1) is 25.6. The second-order valence-corrected chi connectivity index (χ2v) is 16.3. The van der Waals surface area contributed by atoms with Gasteiger partial charge < -0.3 is 19.1 Å². The monoisotopic (exact) mass is 481 g/mol. The second kappa shape index (κ2) is 10.8. The van der Waals surface area contributed by atoms with Crippen LogP contribution in [0.25, 0.3) is 0 Å². The molecule has 1 aliphatic heterocycles. The van der Waals surface area contributed by atoms with Gasteiger partial charge in [-0.15, -0.1) is 0 Å². The maximum atomic E-state index is 12.8. The Hall–Kier alpha value is -1.68. The van der Waals surface area contributed by atoms with E-state index in [-0.39, 0.29) is 28.5 Å². The predicted molar refractivity (Wildman–Crippen MR) is 131 cm³/mol. The Morgan fingerprint density at radius 1 is 1.29 bits per heavy atom. The quantitative estimate of drug-likeness (QED) is 0.170. The molecule has 6 nitrogen and oxygen atoms in total. The summed E-state index contributed by atoms with van der Waals surface area (Å²) in [5.41, 5.74) is 0. The molecule has 1 heterocycles. The molecule has 1 amide bonds. The fourth-order valence-corrected chi connectivity index (χ4v) is 4.88. The SMILES string of the molecule is C=CCOC(=O)CN1C(=O)[C@H](OC[Si](C)(C)C(C)(C)C)[C@H]1SC(=S)Oc1ccccc1. The van der Waals surface area contributed by atoms with Gasteiger partial charge in [-0.05, 0) is 41.2 Å². The number of carbonyl (C=O) groups excluding carboxylic acids is 2. The summed E-state index contributed by atoms with van der Waals surface area (Å²) in [6.45, 7) is 14.5. The first-order chi connectivity index (χ1) is 14.5. The Labute approximate surface area is 195 Å². The molecular formula is C22H31NO5S2Si. The van der Waals surface area contributed by atoms with Crippen LogP contribution in [0, 0.1) is 0 Å². The van der Waals surface area contributed by atoms with Gasteiger partial charge in [0.1, 0.15) is 24.3 Å². The van der Waals surface area contributed by atoms with Gasteiger partial charge in [0.2, 0.25) is 4.38 Å². The molecule has 31 heavy (non-hydrogen) atoms. The van der Waals surface area contributed by atoms with Crippen LogP contribution >= 0.6 is 24.0 Å². The number of esters is 1. The van der Waals surface area contributed by atoms with Gasteiger partial charge in [-0.2, -0.15) is 0 Å². The molecule has 0 N–H and O–H groups in total. The van der Waals surface area contributed by atoms with Crippen molar-refractivity contribution in [3.05, 3.63) is 43.0 Å². The van der Waals surface area contributed by atoms with E-state index in [4.69, 9.17) is 26.4 Å². The zero-order chi connectivity index (χ0) is 23.2. The van der Waals surface area contributed by atoms with Gasteiger partial charge in [-0.1, -0.05) is 64.7 Å². The summed E-state index contributed by atoms with van der Waals surface area (Å²) in [6.07, 6.45) is 1.34. The highest BCUT2D eigenvalue weighted by molar-refractivity contribution is 8.23. The predicted octanol–water partition coefficient (Wildman–Crippen LogP) is 4.41. The van der Waals surface area contributed by atoms with Crippen molar-refractivity contribution in [2.45, 2.75) is 50.4 Å². The van der Waals surface area contributed by atoms with E-state index in [1.165, 1.54) is 22.7 Å². The maximum Gasteiger partial charge on any atom is 0.326 e. The Kier molecular flexibility index (Phi) is 8.88. The van der Waals surface area contributed by atoms with E-state index in [0.717, 1.165) is 0 Å². The van der Waals surface area contributed by atoms with Gasteiger partial charge >= 0.3 is 5.97 Å². The number of amides is 1. The number of nitrogens with zero attached hydrogens (tertiary/aromatic N) is 1. The van der Waals surface area contributed by atoms with Gasteiger partial charge in [-0.3, -0.25) is 9.59 Å². The summed E-state index contributed by atoms with van der Waals surface area (Å²) in [4.78, 5) is 26.3. The largest absolute Gasteiger partial charge is 0.460 e. The summed E-state index contributed by atoms with van der Waals surface area (Å²) in [5.74, 6) is -0.132. The summed E-state index contributed by atoms with van der Waals surface area (Å²) < 4.78 is 17.1. The van der Waals surface area contributed by atoms with Crippen LogP contribution in [0.3, 0.4) is 0 Å². The number of likely N-dealkylation sites (tertiary alicyclic amines) is 1. The fourth-order valence-electron chi connectivity index (χ4n) is 2.50. The van der Waals surface area contributed by atoms with Crippen molar-refractivity contribution in [1.29, 1.82) is 0 Å². The highest BCUT2D eigenvalue weighted by Crippen LogP contribution is 2.38. The molecule has 0 bridgehead atoms. The van der Waals surface area contributed by atoms with Crippen molar-refractivity contribution in [2.24, 2.45) is 0 Å². The van der Waals surface area contributed by atoms with Crippen LogP contribution in [0.5, 0.6) is 5.75 Å². The molecule has 1 aromatic rings. The number of hydrogen-bond acceptors (Lipinski definition) is 7. The number of β-lactam (4-membered cyclic amide) rings is 1. The zero-order valence-corrected chi connectivity index (χ0v) is 21.4. The molecule has 1 aliphatic rings. The Bertz CT molecular complexity index is 810. The second-order valence-electron chi connectivity index (χ2n) is 8.98. The van der Waals surface area contributed by atoms with Gasteiger partial charge in [-0.25, -0.2) is 0 Å². The molecule has 0 spiro atoms. The standard InChI is InChI=1S/C22H31NO5S2Si/c1-7-13-26-17(24)14-23-19(25)18(27-15-31(5,6)22(2,3)4)20(23)30-21(29)28-16-11-9-8-10-12-16/h7-12,18,20H,1,13-15H2,2-6H3/t18-,20+/m0/s1. The third kappa shape index (κ3) is 6.90. The molecule has 0 aliphatic carbocycles. The van der Waals surface area contributed by atoms with Gasteiger partial charge in [0.25, 0.3) is 5.91 Å². The van der Waals surface area contributed by atoms with Crippen LogP contribution in [0.1, 0.15) is 20.8 Å². The Balaban J connectivity index is 2.08. The van der Waals surface area contributed by atoms with Crippen molar-refractivity contribution in [2.75, 3.05) is 19.4 Å². The minimum atomic E-state index is -1.75. The van der Waals surface area contributed by atoms with E-state index in [2.05, 4.69) is 40.4 Å². The molecule has 2 rings (SSSR count). The molecule has 0 aromatic heterocycles. The van der Waals surface area contributed by atoms with Crippen LogP contribution in [0.2, 0.25) is 18.1 Å². The van der Waals surface area contributed by atoms with Crippen LogP contribution in [-0.2, 0) is 19.1 Å². The summed E-state index contributed by atoms with van der Waals surface area (Å²) in [7, 11) is -1.75. The molecule has 1 aromatic carbocycles. The lowest BCUT2D eigenvalue weighted by Gasteiger charge is -2.47. The molecule has 1 fully saturated rings. The van der Waals surface area contributed by atoms with E-state index >= 15 is 0 Å². The number of para-hydroxylation sites is 1. The molecule has 9 heteroatoms. The van der Waals surface area contributed by atoms with Crippen molar-refractivity contribution in [3.63, 3.8) is 0 Å². The van der Waals surface area contributed by atoms with Crippen LogP contribution < -0.4 is 4.74 Å². The molecule has 0 radical (unpaired) electrons. The first-order valence-corrected chi connectivity index (χ1v) is 14.6. The van der Waals surface area contributed by atoms with Gasteiger partial charge in [0.15, 0.2) is 6.10 Å². The highest BCUT2D eigenvalue weighted by atomic mass is 32.2. The average Bonchev–Trinajstić information content (AvgIpc) is 2.69. The van der Waals surface area contributed by atoms with E-state index in [9.17, 15) is 9.59 Å². The highest BCUT2D eigenvalue weighted by Gasteiger charge is 2.51. The zero-order valence-electron chi connectivity index (χ0n) is 18.8. The number of benzene rings is 1. The van der Waals surface area contributed by atoms with Crippen molar-refractivity contribution < 1.29 is 23.8 Å². The lowest BCUT2D eigenvalue weighted by Crippen LogP contribution is -2.66. The van der Waals surface area contributed by atoms with E-state index in [1.54, 1.807) is 12.1 Å². The Morgan fingerprint density at radius 2 is 1.94 bits per heavy atom. The third-order valence-corrected chi connectivity index (χ3v) is 11.9. The van der Waals surface area contributed by atoms with Crippen molar-refractivity contribution in [3.8, 4) is 5.75 Å². The van der Waals surface area contributed by atoms with Crippen LogP contribution in [0.4, 0.5) is 0 Å². The van der Waals surface area contributed by atoms with E-state index in [1.807, 2.05) is 18.2 Å². The van der Waals surface area contributed by atoms with E-state index in [0.29, 0.717) is 12.0 Å². The van der Waals surface area contributed by atoms with E-state index < -0.39 is 25.5 Å². The molecule has 2 atom stereocenters. The van der Waals surface area contributed by atoms with Crippen LogP contribution in [0.15, 0.2) is 43.0 Å². The maximum absolute atomic E-state index is 12.8. The first-order valence-electron chi connectivity index (χ1n) is 10.1. The van der Waals surface area contributed by atoms with Gasteiger partial charge in [0.05, 0.1) is 8.07 Å². The van der Waals surface area contributed by atoms with Gasteiger partial charge in [0, 0.05) is 6.23 Å². The minimum Gasteiger partial charge on any atom is -0.460 e. The number of thiocarbonyl (C=S) groups is 1. The summed E-state index contributed by atoms with van der Waals surface area (Å²) in [5, 5.41) is -0.327.